The highest BCUT2D eigenvalue weighted by molar-refractivity contribution is 5.65. The first-order valence-electron chi connectivity index (χ1n) is 5.22. The Balaban J connectivity index is 2.27. The van der Waals surface area contributed by atoms with E-state index in [1.165, 1.54) is 27.8 Å². The van der Waals surface area contributed by atoms with Gasteiger partial charge in [0.15, 0.2) is 0 Å². The van der Waals surface area contributed by atoms with Gasteiger partial charge in [-0.25, -0.2) is 4.79 Å². The Morgan fingerprint density at radius 1 is 1.53 bits per heavy atom. The highest BCUT2D eigenvalue weighted by Gasteiger charge is 2.27. The number of hydrogen-bond donors (Lipinski definition) is 1. The molecule has 0 spiro atoms. The van der Waals surface area contributed by atoms with E-state index in [-0.39, 0.29) is 11.6 Å². The highest BCUT2D eigenvalue weighted by Crippen LogP contribution is 2.20. The molecular weight excluding hydrogens is 222 g/mol. The molecule has 1 amide bonds. The van der Waals surface area contributed by atoms with Gasteiger partial charge < -0.3 is 14.6 Å². The quantitative estimate of drug-likeness (QED) is 0.771. The molecule has 17 heavy (non-hydrogen) atoms. The molecule has 1 N–H and O–H groups in total. The van der Waals surface area contributed by atoms with Crippen LogP contribution in [0, 0.1) is 11.3 Å². The van der Waals surface area contributed by atoms with Gasteiger partial charge in [0.05, 0.1) is 11.6 Å². The summed E-state index contributed by atoms with van der Waals surface area (Å²) >= 11 is 0. The fourth-order valence-electron chi connectivity index (χ4n) is 2.00. The van der Waals surface area contributed by atoms with Crippen molar-refractivity contribution >= 4 is 6.09 Å². The predicted molar refractivity (Wildman–Crippen MR) is 58.7 cm³/mol. The molecule has 1 aliphatic heterocycles. The molecule has 88 valence electrons. The van der Waals surface area contributed by atoms with E-state index in [0.717, 1.165) is 0 Å². The fraction of sp³-hybridized carbons (Fsp3) is 0.364. The average molecular weight is 233 g/mol. The van der Waals surface area contributed by atoms with E-state index in [9.17, 15) is 9.59 Å². The van der Waals surface area contributed by atoms with Gasteiger partial charge in [-0.1, -0.05) is 0 Å². The van der Waals surface area contributed by atoms with Gasteiger partial charge in [0.25, 0.3) is 5.56 Å². The number of nitriles is 1. The van der Waals surface area contributed by atoms with Crippen molar-refractivity contribution in [3.8, 4) is 6.07 Å². The number of nitrogens with zero attached hydrogens (tertiary/aromatic N) is 3. The van der Waals surface area contributed by atoms with E-state index < -0.39 is 6.09 Å². The van der Waals surface area contributed by atoms with Crippen LogP contribution >= 0.6 is 0 Å². The van der Waals surface area contributed by atoms with Gasteiger partial charge in [-0.3, -0.25) is 4.79 Å². The number of hydrogen-bond acceptors (Lipinski definition) is 3. The van der Waals surface area contributed by atoms with Crippen molar-refractivity contribution in [2.75, 3.05) is 13.1 Å². The second kappa shape index (κ2) is 4.29. The number of carbonyl (C=O) groups is 1. The van der Waals surface area contributed by atoms with E-state index >= 15 is 0 Å². The summed E-state index contributed by atoms with van der Waals surface area (Å²) in [7, 11) is 0. The summed E-state index contributed by atoms with van der Waals surface area (Å²) in [5.41, 5.74) is 0.194. The van der Waals surface area contributed by atoms with Crippen molar-refractivity contribution in [2.45, 2.75) is 12.5 Å². The molecule has 0 radical (unpaired) electrons. The molecule has 1 aromatic heterocycles. The summed E-state index contributed by atoms with van der Waals surface area (Å²) in [6, 6.07) is 4.58. The molecule has 1 fully saturated rings. The normalized spacial score (nSPS) is 19.0. The van der Waals surface area contributed by atoms with Crippen LogP contribution in [0.2, 0.25) is 0 Å². The highest BCUT2D eigenvalue weighted by atomic mass is 16.4. The number of rotatable bonds is 1. The monoisotopic (exact) mass is 233 g/mol. The second-order valence-corrected chi connectivity index (χ2v) is 3.95. The first-order chi connectivity index (χ1) is 8.11. The number of aromatic nitrogens is 1. The van der Waals surface area contributed by atoms with Crippen LogP contribution in [0.5, 0.6) is 0 Å². The summed E-state index contributed by atoms with van der Waals surface area (Å²) in [6.07, 6.45) is 1.11. The van der Waals surface area contributed by atoms with Crippen molar-refractivity contribution in [2.24, 2.45) is 0 Å². The Labute approximate surface area is 97.3 Å². The van der Waals surface area contributed by atoms with Gasteiger partial charge in [-0.2, -0.15) is 5.26 Å². The molecule has 6 heteroatoms. The van der Waals surface area contributed by atoms with Crippen molar-refractivity contribution in [1.82, 2.24) is 9.47 Å². The largest absolute Gasteiger partial charge is 0.465 e. The lowest BCUT2D eigenvalue weighted by atomic mass is 10.2. The Morgan fingerprint density at radius 3 is 2.88 bits per heavy atom. The number of pyridine rings is 1. The maximum atomic E-state index is 11.6. The van der Waals surface area contributed by atoms with Crippen LogP contribution in [-0.2, 0) is 0 Å². The van der Waals surface area contributed by atoms with Crippen LogP contribution in [0.3, 0.4) is 0 Å². The second-order valence-electron chi connectivity index (χ2n) is 3.95. The third-order valence-electron chi connectivity index (χ3n) is 2.89. The summed E-state index contributed by atoms with van der Waals surface area (Å²) in [6.45, 7) is 0.716. The van der Waals surface area contributed by atoms with Crippen LogP contribution in [0.4, 0.5) is 4.79 Å². The molecule has 6 nitrogen and oxygen atoms in total. The standard InChI is InChI=1S/C11H11N3O3/c12-5-8-1-2-10(15)14(6-8)9-3-4-13(7-9)11(16)17/h1-2,6,9H,3-4,7H2,(H,16,17). The lowest BCUT2D eigenvalue weighted by Gasteiger charge is -2.14. The van der Waals surface area contributed by atoms with Crippen molar-refractivity contribution < 1.29 is 9.90 Å². The van der Waals surface area contributed by atoms with Crippen molar-refractivity contribution in [1.29, 1.82) is 5.26 Å². The zero-order valence-corrected chi connectivity index (χ0v) is 9.04. The molecule has 2 heterocycles. The fourth-order valence-corrected chi connectivity index (χ4v) is 2.00. The van der Waals surface area contributed by atoms with E-state index in [1.807, 2.05) is 6.07 Å². The Morgan fingerprint density at radius 2 is 2.29 bits per heavy atom. The van der Waals surface area contributed by atoms with Gasteiger partial charge in [0.2, 0.25) is 0 Å². The molecule has 0 aliphatic carbocycles. The molecule has 1 atom stereocenters. The van der Waals surface area contributed by atoms with Crippen molar-refractivity contribution in [3.05, 3.63) is 34.2 Å². The van der Waals surface area contributed by atoms with Crippen LogP contribution in [0.25, 0.3) is 0 Å². The van der Waals surface area contributed by atoms with Gasteiger partial charge in [0.1, 0.15) is 6.07 Å². The van der Waals surface area contributed by atoms with Gasteiger partial charge in [-0.15, -0.1) is 0 Å². The van der Waals surface area contributed by atoms with Gasteiger partial charge in [0, 0.05) is 25.4 Å². The van der Waals surface area contributed by atoms with Crippen molar-refractivity contribution in [3.63, 3.8) is 0 Å². The van der Waals surface area contributed by atoms with E-state index in [2.05, 4.69) is 0 Å². The smallest absolute Gasteiger partial charge is 0.407 e. The van der Waals surface area contributed by atoms with Crippen LogP contribution in [0.1, 0.15) is 18.0 Å². The molecule has 0 bridgehead atoms. The van der Waals surface area contributed by atoms with E-state index in [1.54, 1.807) is 0 Å². The Kier molecular flexibility index (Phi) is 2.83. The van der Waals surface area contributed by atoms with Crippen LogP contribution in [0.15, 0.2) is 23.1 Å². The third kappa shape index (κ3) is 2.13. The molecule has 0 aromatic carbocycles. The first kappa shape index (κ1) is 11.2. The maximum Gasteiger partial charge on any atom is 0.407 e. The molecule has 1 aliphatic rings. The minimum absolute atomic E-state index is 0.174. The zero-order valence-electron chi connectivity index (χ0n) is 9.04. The average Bonchev–Trinajstić information content (AvgIpc) is 2.79. The summed E-state index contributed by atoms with van der Waals surface area (Å²) in [4.78, 5) is 23.7. The van der Waals surface area contributed by atoms with Gasteiger partial charge in [-0.05, 0) is 12.5 Å². The number of carboxylic acid groups (broad SMARTS) is 1. The number of amides is 1. The van der Waals surface area contributed by atoms with E-state index in [4.69, 9.17) is 10.4 Å². The minimum atomic E-state index is -0.975. The SMILES string of the molecule is N#Cc1ccc(=O)n(C2CCN(C(=O)O)C2)c1. The zero-order chi connectivity index (χ0) is 12.4. The Hall–Kier alpha value is -2.29. The topological polar surface area (TPSA) is 86.3 Å². The lowest BCUT2D eigenvalue weighted by Crippen LogP contribution is -2.30. The summed E-state index contributed by atoms with van der Waals surface area (Å²) < 4.78 is 1.45. The van der Waals surface area contributed by atoms with E-state index in [0.29, 0.717) is 25.1 Å². The summed E-state index contributed by atoms with van der Waals surface area (Å²) in [5.74, 6) is 0. The third-order valence-corrected chi connectivity index (χ3v) is 2.89. The molecule has 1 saturated heterocycles. The Bertz CT molecular complexity index is 544. The number of likely N-dealkylation sites (tertiary alicyclic amines) is 1. The predicted octanol–water partition coefficient (Wildman–Crippen LogP) is 0.645. The lowest BCUT2D eigenvalue weighted by molar-refractivity contribution is 0.154. The van der Waals surface area contributed by atoms with Crippen LogP contribution < -0.4 is 5.56 Å². The maximum absolute atomic E-state index is 11.6. The molecule has 1 unspecified atom stereocenters. The molecular formula is C11H11N3O3. The molecule has 2 rings (SSSR count). The summed E-state index contributed by atoms with van der Waals surface area (Å²) in [5, 5.41) is 17.6. The molecule has 1 aromatic rings. The minimum Gasteiger partial charge on any atom is -0.465 e. The molecule has 0 saturated carbocycles. The van der Waals surface area contributed by atoms with Gasteiger partial charge >= 0.3 is 6.09 Å². The first-order valence-corrected chi connectivity index (χ1v) is 5.22. The van der Waals surface area contributed by atoms with Crippen LogP contribution in [-0.4, -0.2) is 33.8 Å².